The van der Waals surface area contributed by atoms with Gasteiger partial charge < -0.3 is 15.8 Å². The van der Waals surface area contributed by atoms with Crippen LogP contribution in [-0.2, 0) is 9.53 Å². The third-order valence-electron chi connectivity index (χ3n) is 1.82. The molecule has 0 aromatic rings. The lowest BCUT2D eigenvalue weighted by atomic mass is 10.2. The number of hydrogen-bond acceptors (Lipinski definition) is 3. The molecule has 1 fully saturated rings. The molecule has 1 unspecified atom stereocenters. The van der Waals surface area contributed by atoms with Crippen molar-refractivity contribution < 1.29 is 9.53 Å². The molecule has 1 rings (SSSR count). The topological polar surface area (TPSA) is 64.3 Å². The molecule has 0 bridgehead atoms. The number of carbonyl (C=O) groups is 1. The Labute approximate surface area is 78.8 Å². The number of nitrogens with one attached hydrogen (secondary N) is 1. The normalized spacial score (nSPS) is 27.1. The van der Waals surface area contributed by atoms with Crippen LogP contribution in [0.15, 0.2) is 0 Å². The van der Waals surface area contributed by atoms with Gasteiger partial charge in [-0.15, -0.1) is 0 Å². The van der Waals surface area contributed by atoms with Crippen LogP contribution in [0.4, 0.5) is 0 Å². The van der Waals surface area contributed by atoms with Gasteiger partial charge in [-0.05, 0) is 27.2 Å². The van der Waals surface area contributed by atoms with Crippen molar-refractivity contribution in [1.29, 1.82) is 0 Å². The molecule has 1 aliphatic carbocycles. The van der Waals surface area contributed by atoms with Crippen LogP contribution in [0.2, 0.25) is 0 Å². The fourth-order valence-electron chi connectivity index (χ4n) is 0.911. The van der Waals surface area contributed by atoms with Crippen LogP contribution >= 0.6 is 0 Å². The highest BCUT2D eigenvalue weighted by Gasteiger charge is 2.34. The predicted octanol–water partition coefficient (Wildman–Crippen LogP) is 0.0173. The lowest BCUT2D eigenvalue weighted by molar-refractivity contribution is -0.130. The highest BCUT2D eigenvalue weighted by Crippen LogP contribution is 2.17. The van der Waals surface area contributed by atoms with E-state index < -0.39 is 0 Å². The van der Waals surface area contributed by atoms with Crippen LogP contribution in [-0.4, -0.2) is 30.2 Å². The second-order valence-electron chi connectivity index (χ2n) is 4.47. The second-order valence-corrected chi connectivity index (χ2v) is 4.47. The van der Waals surface area contributed by atoms with Crippen LogP contribution in [0.5, 0.6) is 0 Å². The Morgan fingerprint density at radius 2 is 2.15 bits per heavy atom. The predicted molar refractivity (Wildman–Crippen MR) is 50.2 cm³/mol. The van der Waals surface area contributed by atoms with Gasteiger partial charge in [-0.25, -0.2) is 0 Å². The monoisotopic (exact) mass is 186 g/mol. The number of rotatable bonds is 3. The van der Waals surface area contributed by atoms with Crippen molar-refractivity contribution in [3.05, 3.63) is 0 Å². The number of amides is 1. The van der Waals surface area contributed by atoms with Gasteiger partial charge in [0.15, 0.2) is 0 Å². The van der Waals surface area contributed by atoms with Crippen LogP contribution in [0, 0.1) is 0 Å². The van der Waals surface area contributed by atoms with Gasteiger partial charge >= 0.3 is 0 Å². The Hall–Kier alpha value is -0.610. The maximum atomic E-state index is 11.2. The van der Waals surface area contributed by atoms with E-state index in [1.807, 2.05) is 20.8 Å². The maximum absolute atomic E-state index is 11.2. The van der Waals surface area contributed by atoms with E-state index in [2.05, 4.69) is 5.32 Å². The largest absolute Gasteiger partial charge is 0.366 e. The summed E-state index contributed by atoms with van der Waals surface area (Å²) in [5.74, 6) is -0.0760. The van der Waals surface area contributed by atoms with Gasteiger partial charge in [-0.2, -0.15) is 0 Å². The molecule has 2 atom stereocenters. The smallest absolute Gasteiger partial charge is 0.246 e. The van der Waals surface area contributed by atoms with Gasteiger partial charge in [0, 0.05) is 12.1 Å². The lowest BCUT2D eigenvalue weighted by Crippen LogP contribution is -2.35. The SMILES string of the molecule is CC(C)(C)OCC(=O)NC1C[C@H]1N. The first-order valence-corrected chi connectivity index (χ1v) is 4.57. The maximum Gasteiger partial charge on any atom is 0.246 e. The summed E-state index contributed by atoms with van der Waals surface area (Å²) in [6, 6.07) is 0.328. The zero-order valence-corrected chi connectivity index (χ0v) is 8.46. The second kappa shape index (κ2) is 3.64. The summed E-state index contributed by atoms with van der Waals surface area (Å²) in [7, 11) is 0. The summed E-state index contributed by atoms with van der Waals surface area (Å²) in [5.41, 5.74) is 5.28. The average molecular weight is 186 g/mol. The van der Waals surface area contributed by atoms with E-state index in [0.717, 1.165) is 6.42 Å². The van der Waals surface area contributed by atoms with Crippen LogP contribution in [0.1, 0.15) is 27.2 Å². The lowest BCUT2D eigenvalue weighted by Gasteiger charge is -2.18. The Balaban J connectivity index is 2.11. The molecule has 1 aliphatic rings. The molecule has 1 amide bonds. The molecule has 3 N–H and O–H groups in total. The molecule has 0 saturated heterocycles. The van der Waals surface area contributed by atoms with Gasteiger partial charge in [-0.3, -0.25) is 4.79 Å². The Kier molecular flexibility index (Phi) is 2.93. The first-order valence-electron chi connectivity index (χ1n) is 4.57. The van der Waals surface area contributed by atoms with E-state index in [1.165, 1.54) is 0 Å². The van der Waals surface area contributed by atoms with Crippen molar-refractivity contribution in [3.8, 4) is 0 Å². The van der Waals surface area contributed by atoms with Gasteiger partial charge in [-0.1, -0.05) is 0 Å². The number of nitrogens with two attached hydrogens (primary N) is 1. The molecule has 0 aromatic heterocycles. The Bertz CT molecular complexity index is 198. The quantitative estimate of drug-likeness (QED) is 0.653. The summed E-state index contributed by atoms with van der Waals surface area (Å²) in [5, 5.41) is 2.79. The van der Waals surface area contributed by atoms with Crippen LogP contribution in [0.25, 0.3) is 0 Å². The zero-order valence-electron chi connectivity index (χ0n) is 8.46. The van der Waals surface area contributed by atoms with E-state index in [4.69, 9.17) is 10.5 Å². The van der Waals surface area contributed by atoms with Crippen molar-refractivity contribution in [2.24, 2.45) is 5.73 Å². The van der Waals surface area contributed by atoms with E-state index in [1.54, 1.807) is 0 Å². The number of ether oxygens (including phenoxy) is 1. The molecule has 0 spiro atoms. The Morgan fingerprint density at radius 3 is 2.54 bits per heavy atom. The summed E-state index contributed by atoms with van der Waals surface area (Å²) in [6.07, 6.45) is 0.890. The zero-order chi connectivity index (χ0) is 10.1. The molecular formula is C9H18N2O2. The number of carbonyl (C=O) groups excluding carboxylic acids is 1. The summed E-state index contributed by atoms with van der Waals surface area (Å²) >= 11 is 0. The van der Waals surface area contributed by atoms with Gasteiger partial charge in [0.25, 0.3) is 0 Å². The minimum Gasteiger partial charge on any atom is -0.366 e. The van der Waals surface area contributed by atoms with E-state index in [0.29, 0.717) is 0 Å². The minimum atomic E-state index is -0.261. The molecule has 0 heterocycles. The molecule has 0 aromatic carbocycles. The van der Waals surface area contributed by atoms with E-state index >= 15 is 0 Å². The van der Waals surface area contributed by atoms with Crippen LogP contribution in [0.3, 0.4) is 0 Å². The summed E-state index contributed by atoms with van der Waals surface area (Å²) in [4.78, 5) is 11.2. The van der Waals surface area contributed by atoms with Crippen molar-refractivity contribution in [2.75, 3.05) is 6.61 Å². The van der Waals surface area contributed by atoms with E-state index in [9.17, 15) is 4.79 Å². The molecule has 0 radical (unpaired) electrons. The fourth-order valence-corrected chi connectivity index (χ4v) is 0.911. The van der Waals surface area contributed by atoms with Crippen LogP contribution < -0.4 is 11.1 Å². The van der Waals surface area contributed by atoms with E-state index in [-0.39, 0.29) is 30.2 Å². The van der Waals surface area contributed by atoms with Gasteiger partial charge in [0.2, 0.25) is 5.91 Å². The fraction of sp³-hybridized carbons (Fsp3) is 0.889. The molecule has 76 valence electrons. The molecule has 13 heavy (non-hydrogen) atoms. The highest BCUT2D eigenvalue weighted by molar-refractivity contribution is 5.78. The van der Waals surface area contributed by atoms with Crippen molar-refractivity contribution in [3.63, 3.8) is 0 Å². The van der Waals surface area contributed by atoms with Gasteiger partial charge in [0.1, 0.15) is 6.61 Å². The Morgan fingerprint density at radius 1 is 1.62 bits per heavy atom. The molecule has 1 saturated carbocycles. The van der Waals surface area contributed by atoms with Crippen molar-refractivity contribution in [1.82, 2.24) is 5.32 Å². The highest BCUT2D eigenvalue weighted by atomic mass is 16.5. The standard InChI is InChI=1S/C9H18N2O2/c1-9(2,3)13-5-8(12)11-7-4-6(7)10/h6-7H,4-5,10H2,1-3H3,(H,11,12)/t6-,7?/m1/s1. The first kappa shape index (κ1) is 10.5. The number of hydrogen-bond donors (Lipinski definition) is 2. The third-order valence-corrected chi connectivity index (χ3v) is 1.82. The average Bonchev–Trinajstić information content (AvgIpc) is 2.61. The van der Waals surface area contributed by atoms with Gasteiger partial charge in [0.05, 0.1) is 5.60 Å². The minimum absolute atomic E-state index is 0.0760. The first-order chi connectivity index (χ1) is 5.88. The molecular weight excluding hydrogens is 168 g/mol. The molecule has 4 heteroatoms. The van der Waals surface area contributed by atoms with Crippen molar-refractivity contribution in [2.45, 2.75) is 44.9 Å². The molecule has 0 aliphatic heterocycles. The third kappa shape index (κ3) is 4.24. The summed E-state index contributed by atoms with van der Waals surface area (Å²) in [6.45, 7) is 5.88. The van der Waals surface area contributed by atoms with Crippen molar-refractivity contribution >= 4 is 5.91 Å². The molecule has 4 nitrogen and oxygen atoms in total. The summed E-state index contributed by atoms with van der Waals surface area (Å²) < 4.78 is 5.30.